The molecule has 2 rings (SSSR count). The molecule has 0 aromatic heterocycles. The third-order valence-electron chi connectivity index (χ3n) is 3.51. The molecule has 5 nitrogen and oxygen atoms in total. The van der Waals surface area contributed by atoms with E-state index in [9.17, 15) is 10.1 Å². The number of nitrogens with two attached hydrogens (primary N) is 1. The smallest absolute Gasteiger partial charge is 0.282 e. The Morgan fingerprint density at radius 3 is 2.61 bits per heavy atom. The molecule has 0 unspecified atom stereocenters. The van der Waals surface area contributed by atoms with Gasteiger partial charge in [-0.2, -0.15) is 0 Å². The van der Waals surface area contributed by atoms with E-state index in [-0.39, 0.29) is 16.1 Å². The molecule has 0 spiro atoms. The van der Waals surface area contributed by atoms with Crippen LogP contribution in [0, 0.1) is 13.7 Å². The van der Waals surface area contributed by atoms with E-state index in [1.165, 1.54) is 12.8 Å². The van der Waals surface area contributed by atoms with Gasteiger partial charge in [0.25, 0.3) is 5.69 Å². The third kappa shape index (κ3) is 2.74. The second-order valence-electron chi connectivity index (χ2n) is 4.74. The standard InChI is InChI=1S/C12H16IN3O2/c13-10-7-9(3-4-11(10)16(17)18)15-12(8-14)5-1-2-6-12/h3-4,7,15H,1-2,5-6,8,14H2. The number of nitro groups is 1. The molecule has 0 saturated heterocycles. The van der Waals surface area contributed by atoms with Gasteiger partial charge in [0.1, 0.15) is 0 Å². The Balaban J connectivity index is 2.19. The van der Waals surface area contributed by atoms with Gasteiger partial charge >= 0.3 is 0 Å². The normalized spacial score (nSPS) is 17.7. The van der Waals surface area contributed by atoms with Crippen molar-refractivity contribution in [2.75, 3.05) is 11.9 Å². The summed E-state index contributed by atoms with van der Waals surface area (Å²) < 4.78 is 0.646. The number of hydrogen-bond acceptors (Lipinski definition) is 4. The Hall–Kier alpha value is -0.890. The number of hydrogen-bond donors (Lipinski definition) is 2. The fourth-order valence-corrected chi connectivity index (χ4v) is 3.18. The molecule has 98 valence electrons. The molecule has 0 atom stereocenters. The monoisotopic (exact) mass is 361 g/mol. The summed E-state index contributed by atoms with van der Waals surface area (Å²) in [6.07, 6.45) is 4.51. The topological polar surface area (TPSA) is 81.2 Å². The number of rotatable bonds is 4. The Morgan fingerprint density at radius 2 is 2.11 bits per heavy atom. The molecule has 1 aliphatic rings. The third-order valence-corrected chi connectivity index (χ3v) is 4.37. The van der Waals surface area contributed by atoms with Crippen LogP contribution < -0.4 is 11.1 Å². The van der Waals surface area contributed by atoms with Gasteiger partial charge < -0.3 is 11.1 Å². The predicted octanol–water partition coefficient (Wildman–Crippen LogP) is 2.88. The van der Waals surface area contributed by atoms with E-state index < -0.39 is 0 Å². The van der Waals surface area contributed by atoms with Crippen LogP contribution in [0.5, 0.6) is 0 Å². The van der Waals surface area contributed by atoms with Gasteiger partial charge in [-0.3, -0.25) is 10.1 Å². The maximum atomic E-state index is 10.8. The zero-order chi connectivity index (χ0) is 13.2. The van der Waals surface area contributed by atoms with Crippen molar-refractivity contribution in [1.29, 1.82) is 0 Å². The van der Waals surface area contributed by atoms with E-state index in [1.807, 2.05) is 28.7 Å². The van der Waals surface area contributed by atoms with Gasteiger partial charge in [0.2, 0.25) is 0 Å². The minimum Gasteiger partial charge on any atom is -0.378 e. The summed E-state index contributed by atoms with van der Waals surface area (Å²) in [7, 11) is 0. The molecule has 0 aliphatic heterocycles. The van der Waals surface area contributed by atoms with E-state index in [2.05, 4.69) is 5.32 Å². The Morgan fingerprint density at radius 1 is 1.44 bits per heavy atom. The highest BCUT2D eigenvalue weighted by molar-refractivity contribution is 14.1. The summed E-state index contributed by atoms with van der Waals surface area (Å²) in [5.74, 6) is 0. The SMILES string of the molecule is NCC1(Nc2ccc([N+](=O)[O-])c(I)c2)CCCC1. The molecular formula is C12H16IN3O2. The van der Waals surface area contributed by atoms with E-state index >= 15 is 0 Å². The first-order valence-electron chi connectivity index (χ1n) is 5.98. The molecule has 1 fully saturated rings. The highest BCUT2D eigenvalue weighted by atomic mass is 127. The quantitative estimate of drug-likeness (QED) is 0.491. The maximum absolute atomic E-state index is 10.8. The van der Waals surface area contributed by atoms with Crippen molar-refractivity contribution in [2.45, 2.75) is 31.2 Å². The van der Waals surface area contributed by atoms with Crippen molar-refractivity contribution < 1.29 is 4.92 Å². The van der Waals surface area contributed by atoms with Crippen LogP contribution in [0.1, 0.15) is 25.7 Å². The molecule has 18 heavy (non-hydrogen) atoms. The number of nitro benzene ring substituents is 1. The van der Waals surface area contributed by atoms with Crippen molar-refractivity contribution in [1.82, 2.24) is 0 Å². The van der Waals surface area contributed by atoms with Gasteiger partial charge in [0, 0.05) is 23.8 Å². The highest BCUT2D eigenvalue weighted by Crippen LogP contribution is 2.33. The second kappa shape index (κ2) is 5.40. The number of halogens is 1. The van der Waals surface area contributed by atoms with Crippen LogP contribution in [0.4, 0.5) is 11.4 Å². The van der Waals surface area contributed by atoms with Gasteiger partial charge in [-0.1, -0.05) is 12.8 Å². The summed E-state index contributed by atoms with van der Waals surface area (Å²) in [6.45, 7) is 0.598. The molecule has 1 aliphatic carbocycles. The molecule has 1 aromatic rings. The van der Waals surface area contributed by atoms with Crippen LogP contribution in [0.3, 0.4) is 0 Å². The molecule has 1 saturated carbocycles. The molecule has 0 bridgehead atoms. The first kappa shape index (κ1) is 13.5. The fourth-order valence-electron chi connectivity index (χ4n) is 2.47. The minimum absolute atomic E-state index is 0.0286. The van der Waals surface area contributed by atoms with Crippen molar-refractivity contribution in [3.05, 3.63) is 31.9 Å². The minimum atomic E-state index is -0.361. The number of nitrogens with one attached hydrogen (secondary N) is 1. The van der Waals surface area contributed by atoms with Crippen molar-refractivity contribution >= 4 is 34.0 Å². The van der Waals surface area contributed by atoms with Crippen LogP contribution in [-0.4, -0.2) is 17.0 Å². The molecule has 0 amide bonds. The van der Waals surface area contributed by atoms with Gasteiger partial charge in [-0.15, -0.1) is 0 Å². The summed E-state index contributed by atoms with van der Waals surface area (Å²) in [5.41, 5.74) is 6.89. The Bertz CT molecular complexity index is 459. The van der Waals surface area contributed by atoms with E-state index in [1.54, 1.807) is 12.1 Å². The lowest BCUT2D eigenvalue weighted by Gasteiger charge is -2.30. The first-order chi connectivity index (χ1) is 8.56. The molecule has 1 aromatic carbocycles. The Labute approximate surface area is 119 Å². The van der Waals surface area contributed by atoms with Crippen LogP contribution in [0.2, 0.25) is 0 Å². The van der Waals surface area contributed by atoms with Crippen molar-refractivity contribution in [3.8, 4) is 0 Å². The molecule has 0 radical (unpaired) electrons. The molecule has 0 heterocycles. The number of anilines is 1. The average Bonchev–Trinajstić information content (AvgIpc) is 2.78. The number of nitrogens with zero attached hydrogens (tertiary/aromatic N) is 1. The van der Waals surface area contributed by atoms with Gasteiger partial charge in [-0.05, 0) is 47.6 Å². The summed E-state index contributed by atoms with van der Waals surface area (Å²) in [5, 5.41) is 14.2. The van der Waals surface area contributed by atoms with E-state index in [0.29, 0.717) is 10.1 Å². The molecule has 3 N–H and O–H groups in total. The summed E-state index contributed by atoms with van der Waals surface area (Å²) in [6, 6.07) is 5.12. The van der Waals surface area contributed by atoms with Crippen LogP contribution in [-0.2, 0) is 0 Å². The second-order valence-corrected chi connectivity index (χ2v) is 5.90. The molecular weight excluding hydrogens is 345 g/mol. The van der Waals surface area contributed by atoms with E-state index in [0.717, 1.165) is 18.5 Å². The average molecular weight is 361 g/mol. The van der Waals surface area contributed by atoms with Crippen LogP contribution in [0.25, 0.3) is 0 Å². The summed E-state index contributed by atoms with van der Waals surface area (Å²) in [4.78, 5) is 10.4. The van der Waals surface area contributed by atoms with Crippen molar-refractivity contribution in [3.63, 3.8) is 0 Å². The highest BCUT2D eigenvalue weighted by Gasteiger charge is 2.32. The van der Waals surface area contributed by atoms with Crippen LogP contribution in [0.15, 0.2) is 18.2 Å². The van der Waals surface area contributed by atoms with Crippen molar-refractivity contribution in [2.24, 2.45) is 5.73 Å². The zero-order valence-corrected chi connectivity index (χ0v) is 12.1. The van der Waals surface area contributed by atoms with Gasteiger partial charge in [0.05, 0.1) is 8.49 Å². The first-order valence-corrected chi connectivity index (χ1v) is 7.06. The van der Waals surface area contributed by atoms with Gasteiger partial charge in [-0.25, -0.2) is 0 Å². The largest absolute Gasteiger partial charge is 0.378 e. The Kier molecular flexibility index (Phi) is 4.06. The zero-order valence-electron chi connectivity index (χ0n) is 9.99. The number of benzene rings is 1. The van der Waals surface area contributed by atoms with E-state index in [4.69, 9.17) is 5.73 Å². The maximum Gasteiger partial charge on any atom is 0.282 e. The van der Waals surface area contributed by atoms with Crippen LogP contribution >= 0.6 is 22.6 Å². The fraction of sp³-hybridized carbons (Fsp3) is 0.500. The predicted molar refractivity (Wildman–Crippen MR) is 79.7 cm³/mol. The molecule has 6 heteroatoms. The lowest BCUT2D eigenvalue weighted by Crippen LogP contribution is -2.42. The lowest BCUT2D eigenvalue weighted by molar-refractivity contribution is -0.385. The lowest BCUT2D eigenvalue weighted by atomic mass is 9.97. The summed E-state index contributed by atoms with van der Waals surface area (Å²) >= 11 is 1.99. The van der Waals surface area contributed by atoms with Gasteiger partial charge in [0.15, 0.2) is 0 Å².